The van der Waals surface area contributed by atoms with Crippen LogP contribution in [0.2, 0.25) is 0 Å². The van der Waals surface area contributed by atoms with E-state index in [-0.39, 0.29) is 19.3 Å². The normalized spacial score (nSPS) is 14.3. The van der Waals surface area contributed by atoms with E-state index in [2.05, 4.69) is 16.0 Å². The lowest BCUT2D eigenvalue weighted by molar-refractivity contribution is -0.142. The minimum atomic E-state index is -1.51. The predicted molar refractivity (Wildman–Crippen MR) is 114 cm³/mol. The largest absolute Gasteiger partial charge is 0.480 e. The number of aliphatic hydroxyl groups excluding tert-OH is 1. The number of carboxylic acid groups (broad SMARTS) is 1. The fraction of sp³-hybridized carbons (Fsp3) is 0.667. The molecule has 5 amide bonds. The Hall–Kier alpha value is -3.30. The first kappa shape index (κ1) is 29.7. The maximum Gasteiger partial charge on any atom is 0.326 e. The van der Waals surface area contributed by atoms with E-state index >= 15 is 0 Å². The van der Waals surface area contributed by atoms with Crippen molar-refractivity contribution in [2.75, 3.05) is 13.2 Å². The lowest BCUT2D eigenvalue weighted by Crippen LogP contribution is -2.58. The smallest absolute Gasteiger partial charge is 0.326 e. The van der Waals surface area contributed by atoms with Gasteiger partial charge >= 0.3 is 5.97 Å². The Kier molecular flexibility index (Phi) is 13.9. The van der Waals surface area contributed by atoms with E-state index in [0.717, 1.165) is 0 Å². The number of aliphatic hydroxyl groups is 1. The van der Waals surface area contributed by atoms with Crippen molar-refractivity contribution in [3.63, 3.8) is 0 Å². The number of unbranched alkanes of at least 4 members (excludes halogenated alkanes) is 1. The highest BCUT2D eigenvalue weighted by Gasteiger charge is 2.30. The van der Waals surface area contributed by atoms with Gasteiger partial charge in [-0.3, -0.25) is 24.0 Å². The molecule has 15 nitrogen and oxygen atoms in total. The Bertz CT molecular complexity index is 718. The van der Waals surface area contributed by atoms with Gasteiger partial charge in [0.05, 0.1) is 19.1 Å². The molecule has 188 valence electrons. The van der Waals surface area contributed by atoms with Crippen molar-refractivity contribution in [2.45, 2.75) is 62.7 Å². The zero-order valence-corrected chi connectivity index (χ0v) is 18.1. The molecule has 0 rings (SSSR count). The Morgan fingerprint density at radius 1 is 0.758 bits per heavy atom. The first-order valence-corrected chi connectivity index (χ1v) is 10.2. The first-order chi connectivity index (χ1) is 15.4. The number of hydrogen-bond acceptors (Lipinski definition) is 9. The first-order valence-electron chi connectivity index (χ1n) is 10.2. The van der Waals surface area contributed by atoms with Crippen molar-refractivity contribution in [2.24, 2.45) is 22.9 Å². The summed E-state index contributed by atoms with van der Waals surface area (Å²) < 4.78 is 0. The molecule has 15 heteroatoms. The highest BCUT2D eigenvalue weighted by Crippen LogP contribution is 2.05. The number of hydrogen-bond donors (Lipinski definition) is 9. The number of carboxylic acids is 1. The molecule has 0 aromatic rings. The van der Waals surface area contributed by atoms with Gasteiger partial charge in [0.2, 0.25) is 29.5 Å². The van der Waals surface area contributed by atoms with Gasteiger partial charge in [-0.15, -0.1) is 0 Å². The number of rotatable bonds is 17. The maximum absolute atomic E-state index is 12.6. The summed E-state index contributed by atoms with van der Waals surface area (Å²) in [5, 5.41) is 25.4. The van der Waals surface area contributed by atoms with Crippen LogP contribution in [0.1, 0.15) is 38.5 Å². The molecule has 0 saturated heterocycles. The molecular weight excluding hydrogens is 442 g/mol. The number of amides is 5. The molecule has 0 heterocycles. The zero-order chi connectivity index (χ0) is 25.6. The molecule has 13 N–H and O–H groups in total. The number of nitrogens with one attached hydrogen (secondary N) is 3. The van der Waals surface area contributed by atoms with E-state index in [0.29, 0.717) is 19.4 Å². The monoisotopic (exact) mass is 475 g/mol. The number of nitrogens with two attached hydrogens (primary N) is 4. The molecule has 0 radical (unpaired) electrons. The molecule has 0 fully saturated rings. The molecular formula is C18H33N7O8. The van der Waals surface area contributed by atoms with E-state index in [9.17, 15) is 39.0 Å². The minimum Gasteiger partial charge on any atom is -0.480 e. The predicted octanol–water partition coefficient (Wildman–Crippen LogP) is -4.89. The van der Waals surface area contributed by atoms with Gasteiger partial charge in [0.25, 0.3) is 0 Å². The third-order valence-electron chi connectivity index (χ3n) is 4.45. The standard InChI is InChI=1S/C18H33N7O8/c19-6-2-1-3-10(16(30)24-11(18(32)33)4-5-13(21)27)23-17(31)12(8-26)25-15(29)9(20)7-14(22)28/h9-12,26H,1-8,19-20H2,(H2,21,27)(H2,22,28)(H,23,31)(H,24,30)(H,25,29)(H,32,33). The number of aliphatic carboxylic acids is 1. The Labute approximate surface area is 190 Å². The van der Waals surface area contributed by atoms with Crippen molar-refractivity contribution in [3.05, 3.63) is 0 Å². The van der Waals surface area contributed by atoms with Crippen molar-refractivity contribution in [1.29, 1.82) is 0 Å². The maximum atomic E-state index is 12.6. The van der Waals surface area contributed by atoms with Crippen molar-refractivity contribution in [1.82, 2.24) is 16.0 Å². The zero-order valence-electron chi connectivity index (χ0n) is 18.1. The molecule has 33 heavy (non-hydrogen) atoms. The lowest BCUT2D eigenvalue weighted by atomic mass is 10.1. The molecule has 0 aromatic carbocycles. The SMILES string of the molecule is NCCCCC(NC(=O)C(CO)NC(=O)C(N)CC(N)=O)C(=O)NC(CCC(N)=O)C(=O)O. The molecule has 4 unspecified atom stereocenters. The molecule has 0 aliphatic carbocycles. The third kappa shape index (κ3) is 12.4. The minimum absolute atomic E-state index is 0.0736. The van der Waals surface area contributed by atoms with Crippen LogP contribution in [-0.2, 0) is 28.8 Å². The van der Waals surface area contributed by atoms with Crippen molar-refractivity contribution >= 4 is 35.5 Å². The van der Waals surface area contributed by atoms with E-state index in [1.165, 1.54) is 0 Å². The van der Waals surface area contributed by atoms with Gasteiger partial charge in [-0.25, -0.2) is 4.79 Å². The van der Waals surface area contributed by atoms with Crippen LogP contribution in [0.4, 0.5) is 0 Å². The number of primary amides is 2. The second-order valence-electron chi connectivity index (χ2n) is 7.27. The average molecular weight is 476 g/mol. The molecule has 4 atom stereocenters. The summed E-state index contributed by atoms with van der Waals surface area (Å²) in [6.07, 6.45) is -0.0558. The summed E-state index contributed by atoms with van der Waals surface area (Å²) in [6.45, 7) is -0.542. The summed E-state index contributed by atoms with van der Waals surface area (Å²) in [4.78, 5) is 70.4. The Morgan fingerprint density at radius 3 is 1.79 bits per heavy atom. The fourth-order valence-corrected chi connectivity index (χ4v) is 2.63. The van der Waals surface area contributed by atoms with Gasteiger partial charge in [-0.1, -0.05) is 0 Å². The van der Waals surface area contributed by atoms with E-state index < -0.39 is 72.7 Å². The van der Waals surface area contributed by atoms with Gasteiger partial charge in [0, 0.05) is 6.42 Å². The Morgan fingerprint density at radius 2 is 1.30 bits per heavy atom. The number of carbonyl (C=O) groups excluding carboxylic acids is 5. The molecule has 0 spiro atoms. The summed E-state index contributed by atoms with van der Waals surface area (Å²) in [5.41, 5.74) is 20.9. The third-order valence-corrected chi connectivity index (χ3v) is 4.45. The molecule has 0 saturated carbocycles. The van der Waals surface area contributed by atoms with Gasteiger partial charge in [0.1, 0.15) is 18.1 Å². The van der Waals surface area contributed by atoms with Crippen LogP contribution in [0.5, 0.6) is 0 Å². The fourth-order valence-electron chi connectivity index (χ4n) is 2.63. The van der Waals surface area contributed by atoms with Crippen LogP contribution >= 0.6 is 0 Å². The average Bonchev–Trinajstić information content (AvgIpc) is 2.72. The van der Waals surface area contributed by atoms with Crippen LogP contribution in [0.15, 0.2) is 0 Å². The van der Waals surface area contributed by atoms with Crippen molar-refractivity contribution < 1.29 is 39.0 Å². The van der Waals surface area contributed by atoms with Crippen LogP contribution in [0.3, 0.4) is 0 Å². The summed E-state index contributed by atoms with van der Waals surface area (Å²) >= 11 is 0. The summed E-state index contributed by atoms with van der Waals surface area (Å²) in [5.74, 6) is -5.73. The van der Waals surface area contributed by atoms with Crippen LogP contribution in [-0.4, -0.2) is 83.0 Å². The van der Waals surface area contributed by atoms with Gasteiger partial charge in [-0.05, 0) is 32.2 Å². The van der Waals surface area contributed by atoms with Crippen LogP contribution in [0.25, 0.3) is 0 Å². The number of carbonyl (C=O) groups is 6. The van der Waals surface area contributed by atoms with Crippen molar-refractivity contribution in [3.8, 4) is 0 Å². The molecule has 0 aliphatic heterocycles. The summed E-state index contributed by atoms with van der Waals surface area (Å²) in [7, 11) is 0. The van der Waals surface area contributed by atoms with Gasteiger partial charge in [-0.2, -0.15) is 0 Å². The van der Waals surface area contributed by atoms with Gasteiger partial charge < -0.3 is 49.1 Å². The van der Waals surface area contributed by atoms with E-state index in [1.807, 2.05) is 0 Å². The van der Waals surface area contributed by atoms with E-state index in [4.69, 9.17) is 22.9 Å². The lowest BCUT2D eigenvalue weighted by Gasteiger charge is -2.24. The van der Waals surface area contributed by atoms with Crippen LogP contribution < -0.4 is 38.9 Å². The second-order valence-corrected chi connectivity index (χ2v) is 7.27. The van der Waals surface area contributed by atoms with E-state index in [1.54, 1.807) is 0 Å². The highest BCUT2D eigenvalue weighted by molar-refractivity contribution is 5.95. The molecule has 0 bridgehead atoms. The quantitative estimate of drug-likeness (QED) is 0.0903. The summed E-state index contributed by atoms with van der Waals surface area (Å²) in [6, 6.07) is -5.52. The van der Waals surface area contributed by atoms with Gasteiger partial charge in [0.15, 0.2) is 0 Å². The Balaban J connectivity index is 5.30. The topological polar surface area (TPSA) is 283 Å². The molecule has 0 aliphatic rings. The highest BCUT2D eigenvalue weighted by atomic mass is 16.4. The van der Waals surface area contributed by atoms with Crippen LogP contribution in [0, 0.1) is 0 Å². The molecule has 0 aromatic heterocycles. The second kappa shape index (κ2) is 15.5.